The Morgan fingerprint density at radius 3 is 1.23 bits per heavy atom. The number of pyridine rings is 1. The maximum atomic E-state index is 12.0. The Morgan fingerprint density at radius 1 is 0.284 bits per heavy atom. The van der Waals surface area contributed by atoms with Gasteiger partial charge in [-0.25, -0.2) is 79.4 Å². The number of aryl methyl sites for hydroxylation is 20. The molecule has 0 fully saturated rings. The number of rotatable bonds is 7. The van der Waals surface area contributed by atoms with E-state index in [1.165, 1.54) is 54.5 Å². The molecular weight excluding hydrogens is 1360 g/mol. The van der Waals surface area contributed by atoms with Gasteiger partial charge in [0.25, 0.3) is 5.56 Å². The second-order valence-corrected chi connectivity index (χ2v) is 31.3. The minimum Gasteiger partial charge on any atom is -0.347 e. The standard InChI is InChI=1S/C15H22N2.C13H19N3.C12H17N3.C11H16N4O.3C11H16N4/c1-8(2)17-13(7)16-14-11(5)9(3)10(4)12(6)15(14)17;1-7(2)16-11(6)15-12-9(4)8(3)10(5)14-13(12)16;1-7(2)10-6-15(5)12-8(3)13-9(4)14-11(10)12;1-6(2)15-8(4)12-9-10(15)13-7(3)14(5)11(9)16;1-6(2)15-9(5)14-10-7(3)12-8(4)13-11(10)15;1-6(2)15-11-10(8(4)14-15)7(3)12-9(5)13-11;1-6(2)15-9(5)14-10-11(15)13-8(4)7(3)12-10/h8H,1-7H3;7H,1-6H3;6-7H,1-5H3;6H,1-5H3;3*6H,1-5H3. The van der Waals surface area contributed by atoms with Crippen molar-refractivity contribution in [1.29, 1.82) is 0 Å². The van der Waals surface area contributed by atoms with Gasteiger partial charge in [-0.05, 0) is 280 Å². The van der Waals surface area contributed by atoms with Gasteiger partial charge in [0.05, 0.1) is 61.6 Å². The molecule has 109 heavy (non-hydrogen) atoms. The summed E-state index contributed by atoms with van der Waals surface area (Å²) in [6.07, 6.45) is 2.16. The zero-order valence-electron chi connectivity index (χ0n) is 72.8. The molecule has 0 amide bonds. The maximum absolute atomic E-state index is 12.0. The van der Waals surface area contributed by atoms with Crippen molar-refractivity contribution in [3.63, 3.8) is 0 Å². The van der Waals surface area contributed by atoms with Crippen molar-refractivity contribution in [2.24, 2.45) is 14.1 Å². The topological polar surface area (TPSA) is 263 Å². The smallest absolute Gasteiger partial charge is 0.281 e. The number of aromatic nitrogens is 24. The monoisotopic (exact) mass is 1480 g/mol. The first-order valence-corrected chi connectivity index (χ1v) is 38.3. The molecule has 0 unspecified atom stereocenters. The highest BCUT2D eigenvalue weighted by Crippen LogP contribution is 2.33. The van der Waals surface area contributed by atoms with Crippen LogP contribution in [0, 0.1) is 152 Å². The first kappa shape index (κ1) is 84.6. The van der Waals surface area contributed by atoms with Crippen molar-refractivity contribution in [3.05, 3.63) is 148 Å². The van der Waals surface area contributed by atoms with Gasteiger partial charge >= 0.3 is 0 Å². The van der Waals surface area contributed by atoms with Crippen LogP contribution in [0.15, 0.2) is 11.0 Å². The lowest BCUT2D eigenvalue weighted by Gasteiger charge is -2.15. The van der Waals surface area contributed by atoms with E-state index in [0.29, 0.717) is 53.1 Å². The molecule has 0 aliphatic rings. The van der Waals surface area contributed by atoms with Crippen molar-refractivity contribution >= 4 is 77.9 Å². The van der Waals surface area contributed by atoms with E-state index in [1.54, 1.807) is 7.05 Å². The molecule has 0 aliphatic heterocycles. The van der Waals surface area contributed by atoms with E-state index in [2.05, 4.69) is 263 Å². The highest BCUT2D eigenvalue weighted by Gasteiger charge is 2.23. The van der Waals surface area contributed by atoms with Crippen molar-refractivity contribution in [3.8, 4) is 0 Å². The van der Waals surface area contributed by atoms with Crippen LogP contribution in [-0.4, -0.2) is 117 Å². The first-order valence-electron chi connectivity index (χ1n) is 38.3. The zero-order valence-corrected chi connectivity index (χ0v) is 72.8. The predicted octanol–water partition coefficient (Wildman–Crippen LogP) is 18.4. The Balaban J connectivity index is 0.000000160. The quantitative estimate of drug-likeness (QED) is 0.144. The summed E-state index contributed by atoms with van der Waals surface area (Å²) in [6, 6.07) is 2.19. The molecule has 0 saturated carbocycles. The Labute approximate surface area is 644 Å². The van der Waals surface area contributed by atoms with E-state index in [9.17, 15) is 4.79 Å². The largest absolute Gasteiger partial charge is 0.347 e. The van der Waals surface area contributed by atoms with Gasteiger partial charge < -0.3 is 27.4 Å². The number of hydrogen-bond acceptors (Lipinski definition) is 17. The van der Waals surface area contributed by atoms with Gasteiger partial charge in [-0.1, -0.05) is 13.8 Å². The van der Waals surface area contributed by atoms with E-state index in [4.69, 9.17) is 4.98 Å². The molecule has 0 aliphatic carbocycles. The van der Waals surface area contributed by atoms with Crippen LogP contribution in [0.25, 0.3) is 77.9 Å². The number of fused-ring (bicyclic) bond motifs is 7. The Kier molecular flexibility index (Phi) is 25.9. The molecule has 0 saturated heterocycles. The molecule has 13 heterocycles. The SMILES string of the molecule is Cc1c(C)c(C)c2c(nc(C)n2C(C)C)c1C.Cc1nc(C)c2c(C)nn(C(C)C)c2n1.Cc1nc(C)c2c(n1)c(C(C)C)cn2C.Cc1nc(C)c2nc(C)n(C(C)C)c2n1.Cc1nc2c(nc(C)n2C(C)C)c(=O)n1C.Cc1nc2c(nc(C)n2C(C)C)c(C)c1C.Cc1nc2nc(C)n(C(C)C)c2nc1C. The van der Waals surface area contributed by atoms with E-state index >= 15 is 0 Å². The average Bonchev–Trinajstić information content (AvgIpc) is 1.59. The number of hydrogen-bond donors (Lipinski definition) is 0. The molecule has 0 atom stereocenters. The van der Waals surface area contributed by atoms with Gasteiger partial charge in [-0.2, -0.15) is 5.10 Å². The van der Waals surface area contributed by atoms with Crippen molar-refractivity contribution in [1.82, 2.24) is 117 Å². The summed E-state index contributed by atoms with van der Waals surface area (Å²) in [5.74, 6) is 8.66. The molecule has 14 rings (SSSR count). The summed E-state index contributed by atoms with van der Waals surface area (Å²) in [4.78, 5) is 79.3. The van der Waals surface area contributed by atoms with E-state index < -0.39 is 0 Å². The third kappa shape index (κ3) is 17.0. The molecule has 25 nitrogen and oxygen atoms in total. The molecule has 13 aromatic heterocycles. The fourth-order valence-electron chi connectivity index (χ4n) is 14.6. The lowest BCUT2D eigenvalue weighted by atomic mass is 9.97. The molecule has 0 bridgehead atoms. The van der Waals surface area contributed by atoms with Crippen LogP contribution in [-0.2, 0) is 14.1 Å². The van der Waals surface area contributed by atoms with Crippen molar-refractivity contribution in [2.45, 2.75) is 291 Å². The molecule has 25 heteroatoms. The fraction of sp³-hybridized carbons (Fsp3) is 0.536. The van der Waals surface area contributed by atoms with E-state index in [1.807, 2.05) is 106 Å². The van der Waals surface area contributed by atoms with Crippen LogP contribution in [0.4, 0.5) is 0 Å². The third-order valence-corrected chi connectivity index (χ3v) is 20.6. The lowest BCUT2D eigenvalue weighted by molar-refractivity contribution is 0.542. The fourth-order valence-corrected chi connectivity index (χ4v) is 14.6. The summed E-state index contributed by atoms with van der Waals surface area (Å²) < 4.78 is 16.4. The normalized spacial score (nSPS) is 11.6. The molecule has 0 radical (unpaired) electrons. The number of imidazole rings is 5. The molecule has 0 N–H and O–H groups in total. The Bertz CT molecular complexity index is 5660. The van der Waals surface area contributed by atoms with Gasteiger partial charge in [0.1, 0.15) is 63.5 Å². The molecule has 584 valence electrons. The highest BCUT2D eigenvalue weighted by atomic mass is 16.1. The first-order chi connectivity index (χ1) is 50.7. The number of benzene rings is 1. The summed E-state index contributed by atoms with van der Waals surface area (Å²) in [6.45, 7) is 74.8. The second-order valence-electron chi connectivity index (χ2n) is 31.3. The van der Waals surface area contributed by atoms with Crippen LogP contribution in [0.5, 0.6) is 0 Å². The van der Waals surface area contributed by atoms with Crippen LogP contribution < -0.4 is 5.56 Å². The van der Waals surface area contributed by atoms with Gasteiger partial charge in [0, 0.05) is 62.2 Å². The van der Waals surface area contributed by atoms with Gasteiger partial charge in [0.15, 0.2) is 39.4 Å². The van der Waals surface area contributed by atoms with Crippen LogP contribution in [0.1, 0.15) is 270 Å². The van der Waals surface area contributed by atoms with Crippen molar-refractivity contribution < 1.29 is 0 Å². The summed E-state index contributed by atoms with van der Waals surface area (Å²) in [7, 11) is 3.77. The van der Waals surface area contributed by atoms with E-state index in [-0.39, 0.29) is 11.6 Å². The number of nitrogens with zero attached hydrogens (tertiary/aromatic N) is 24. The molecule has 1 aromatic carbocycles. The Morgan fingerprint density at radius 2 is 0.697 bits per heavy atom. The second kappa shape index (κ2) is 33.4. The Hall–Kier alpha value is -10.1. The van der Waals surface area contributed by atoms with Gasteiger partial charge in [-0.15, -0.1) is 0 Å². The summed E-state index contributed by atoms with van der Waals surface area (Å²) in [5.41, 5.74) is 28.7. The van der Waals surface area contributed by atoms with Gasteiger partial charge in [0.2, 0.25) is 0 Å². The predicted molar refractivity (Wildman–Crippen MR) is 445 cm³/mol. The molecule has 0 spiro atoms. The summed E-state index contributed by atoms with van der Waals surface area (Å²) in [5, 5.41) is 5.60. The molecular formula is C84H122N24O. The maximum Gasteiger partial charge on any atom is 0.281 e. The zero-order chi connectivity index (χ0) is 81.6. The third-order valence-electron chi connectivity index (χ3n) is 20.6. The van der Waals surface area contributed by atoms with Crippen LogP contribution in [0.3, 0.4) is 0 Å². The van der Waals surface area contributed by atoms with Gasteiger partial charge in [-0.3, -0.25) is 9.36 Å². The lowest BCUT2D eigenvalue weighted by Crippen LogP contribution is -2.21. The minimum atomic E-state index is -0.0787. The average molecular weight is 1480 g/mol. The molecule has 14 aromatic rings. The van der Waals surface area contributed by atoms with Crippen molar-refractivity contribution in [2.75, 3.05) is 0 Å². The van der Waals surface area contributed by atoms with Crippen LogP contribution >= 0.6 is 0 Å². The highest BCUT2D eigenvalue weighted by molar-refractivity contribution is 5.86. The minimum absolute atomic E-state index is 0.0787. The summed E-state index contributed by atoms with van der Waals surface area (Å²) >= 11 is 0. The van der Waals surface area contributed by atoms with E-state index in [0.717, 1.165) is 142 Å². The van der Waals surface area contributed by atoms with Crippen LogP contribution in [0.2, 0.25) is 0 Å².